The minimum Gasteiger partial charge on any atom is -0.475 e. The van der Waals surface area contributed by atoms with Gasteiger partial charge in [-0.25, -0.2) is 4.79 Å². The van der Waals surface area contributed by atoms with Gasteiger partial charge in [-0.1, -0.05) is 12.1 Å². The fourth-order valence-electron chi connectivity index (χ4n) is 3.66. The van der Waals surface area contributed by atoms with Gasteiger partial charge in [-0.05, 0) is 43.5 Å². The van der Waals surface area contributed by atoms with Crippen LogP contribution in [0.2, 0.25) is 0 Å². The minimum atomic E-state index is -1.49. The van der Waals surface area contributed by atoms with Crippen LogP contribution in [0.1, 0.15) is 25.3 Å². The summed E-state index contributed by atoms with van der Waals surface area (Å²) in [7, 11) is 0. The lowest BCUT2D eigenvalue weighted by Gasteiger charge is -2.32. The van der Waals surface area contributed by atoms with Crippen LogP contribution in [0.5, 0.6) is 11.5 Å². The highest BCUT2D eigenvalue weighted by Gasteiger charge is 2.29. The van der Waals surface area contributed by atoms with Crippen molar-refractivity contribution in [2.75, 3.05) is 24.6 Å². The summed E-state index contributed by atoms with van der Waals surface area (Å²) in [5, 5.41) is 20.3. The van der Waals surface area contributed by atoms with E-state index in [1.54, 1.807) is 37.3 Å². The second-order valence-corrected chi connectivity index (χ2v) is 7.57. The number of Topliss-reactive ketones (excluding diaryl/α,β-unsaturated/α-hetero) is 1. The molecule has 3 rings (SSSR count). The van der Waals surface area contributed by atoms with Crippen LogP contribution in [0.3, 0.4) is 0 Å². The van der Waals surface area contributed by atoms with E-state index in [0.717, 1.165) is 0 Å². The summed E-state index contributed by atoms with van der Waals surface area (Å²) >= 11 is 0. The lowest BCUT2D eigenvalue weighted by molar-refractivity contribution is -0.384. The number of ketones is 1. The number of anilines is 1. The monoisotopic (exact) mass is 456 g/mol. The molecule has 0 bridgehead atoms. The number of nitrogens with zero attached hydrogens (tertiary/aromatic N) is 2. The summed E-state index contributed by atoms with van der Waals surface area (Å²) in [6.07, 6.45) is 0.855. The molecule has 10 nitrogen and oxygen atoms in total. The van der Waals surface area contributed by atoms with E-state index in [1.807, 2.05) is 4.90 Å². The van der Waals surface area contributed by atoms with Gasteiger partial charge in [0.1, 0.15) is 17.2 Å². The van der Waals surface area contributed by atoms with Gasteiger partial charge in [0.05, 0.1) is 17.4 Å². The molecule has 1 N–H and O–H groups in total. The van der Waals surface area contributed by atoms with Gasteiger partial charge in [-0.2, -0.15) is 0 Å². The van der Waals surface area contributed by atoms with Crippen LogP contribution in [0.25, 0.3) is 0 Å². The van der Waals surface area contributed by atoms with Crippen molar-refractivity contribution in [3.8, 4) is 11.5 Å². The summed E-state index contributed by atoms with van der Waals surface area (Å²) in [5.74, 6) is -2.03. The van der Waals surface area contributed by atoms with E-state index < -0.39 is 16.7 Å². The van der Waals surface area contributed by atoms with Crippen molar-refractivity contribution in [2.45, 2.75) is 26.2 Å². The maximum absolute atomic E-state index is 12.0. The first-order chi connectivity index (χ1) is 15.8. The number of hydrogen-bond donors (Lipinski definition) is 1. The molecular formula is C23H24N2O8. The van der Waals surface area contributed by atoms with Gasteiger partial charge < -0.3 is 19.5 Å². The number of esters is 1. The number of piperidine rings is 1. The van der Waals surface area contributed by atoms with E-state index in [4.69, 9.17) is 14.6 Å². The second-order valence-electron chi connectivity index (χ2n) is 7.57. The van der Waals surface area contributed by atoms with Gasteiger partial charge in [0.15, 0.2) is 0 Å². The molecule has 10 heteroatoms. The van der Waals surface area contributed by atoms with E-state index in [1.165, 1.54) is 12.1 Å². The molecule has 1 aliphatic rings. The number of hydrogen-bond acceptors (Lipinski definition) is 8. The molecule has 0 amide bonds. The number of carboxylic acid groups (broad SMARTS) is 1. The summed E-state index contributed by atoms with van der Waals surface area (Å²) in [5.41, 5.74) is 0.881. The van der Waals surface area contributed by atoms with Crippen LogP contribution in [0.15, 0.2) is 42.5 Å². The van der Waals surface area contributed by atoms with E-state index in [-0.39, 0.29) is 24.0 Å². The molecule has 33 heavy (non-hydrogen) atoms. The summed E-state index contributed by atoms with van der Waals surface area (Å²) < 4.78 is 10.9. The maximum atomic E-state index is 12.0. The Bertz CT molecular complexity index is 1040. The number of carbonyl (C=O) groups is 3. The minimum absolute atomic E-state index is 0.0561. The predicted molar refractivity (Wildman–Crippen MR) is 118 cm³/mol. The Morgan fingerprint density at radius 1 is 1.09 bits per heavy atom. The van der Waals surface area contributed by atoms with Gasteiger partial charge in [0.25, 0.3) is 5.69 Å². The van der Waals surface area contributed by atoms with Crippen molar-refractivity contribution < 1.29 is 33.9 Å². The third kappa shape index (κ3) is 6.06. The molecule has 1 heterocycles. The number of carbonyl (C=O) groups excluding carboxylic acids is 2. The van der Waals surface area contributed by atoms with Crippen molar-refractivity contribution in [2.24, 2.45) is 5.92 Å². The number of benzene rings is 2. The van der Waals surface area contributed by atoms with Gasteiger partial charge in [0.2, 0.25) is 5.78 Å². The fourth-order valence-corrected chi connectivity index (χ4v) is 3.66. The summed E-state index contributed by atoms with van der Waals surface area (Å²) in [6.45, 7) is 3.02. The largest absolute Gasteiger partial charge is 0.475 e. The number of ether oxygens (including phenoxy) is 2. The Morgan fingerprint density at radius 3 is 2.30 bits per heavy atom. The third-order valence-electron chi connectivity index (χ3n) is 5.36. The zero-order valence-electron chi connectivity index (χ0n) is 18.1. The number of rotatable bonds is 9. The average molecular weight is 456 g/mol. The van der Waals surface area contributed by atoms with Crippen molar-refractivity contribution in [3.05, 3.63) is 58.1 Å². The maximum Gasteiger partial charge on any atom is 0.372 e. The molecule has 0 aliphatic carbocycles. The van der Waals surface area contributed by atoms with Crippen LogP contribution in [-0.2, 0) is 25.5 Å². The van der Waals surface area contributed by atoms with E-state index in [2.05, 4.69) is 0 Å². The molecule has 1 fully saturated rings. The van der Waals surface area contributed by atoms with Crippen LogP contribution in [0, 0.1) is 16.0 Å². The molecule has 0 saturated carbocycles. The predicted octanol–water partition coefficient (Wildman–Crippen LogP) is 3.36. The molecule has 0 radical (unpaired) electrons. The first kappa shape index (κ1) is 23.7. The van der Waals surface area contributed by atoms with Gasteiger partial charge >= 0.3 is 11.9 Å². The normalized spacial score (nSPS) is 13.9. The van der Waals surface area contributed by atoms with Crippen molar-refractivity contribution in [3.63, 3.8) is 0 Å². The Labute approximate surface area is 189 Å². The SMILES string of the molecule is CCOC(=O)C1CCN(c2cc(Oc3ccc(CC(=O)C(=O)O)cc3)ccc2[N+](=O)[O-])CC1. The van der Waals surface area contributed by atoms with Crippen LogP contribution in [0.4, 0.5) is 11.4 Å². The molecule has 0 spiro atoms. The highest BCUT2D eigenvalue weighted by molar-refractivity contribution is 6.33. The second kappa shape index (κ2) is 10.6. The summed E-state index contributed by atoms with van der Waals surface area (Å²) in [6, 6.07) is 10.8. The van der Waals surface area contributed by atoms with Crippen molar-refractivity contribution in [1.29, 1.82) is 0 Å². The lowest BCUT2D eigenvalue weighted by atomic mass is 9.96. The van der Waals surface area contributed by atoms with Crippen LogP contribution in [-0.4, -0.2) is 47.4 Å². The smallest absolute Gasteiger partial charge is 0.372 e. The van der Waals surface area contributed by atoms with Crippen molar-refractivity contribution in [1.82, 2.24) is 0 Å². The molecule has 174 valence electrons. The molecule has 0 unspecified atom stereocenters. The number of carboxylic acids is 1. The molecule has 2 aromatic rings. The molecule has 1 saturated heterocycles. The number of nitro benzene ring substituents is 1. The first-order valence-corrected chi connectivity index (χ1v) is 10.5. The molecule has 0 atom stereocenters. The van der Waals surface area contributed by atoms with Gasteiger partial charge in [0, 0.05) is 31.6 Å². The quantitative estimate of drug-likeness (QED) is 0.261. The zero-order chi connectivity index (χ0) is 24.0. The van der Waals surface area contributed by atoms with Crippen molar-refractivity contribution >= 4 is 29.1 Å². The highest BCUT2D eigenvalue weighted by Crippen LogP contribution is 2.36. The third-order valence-corrected chi connectivity index (χ3v) is 5.36. The molecule has 0 aromatic heterocycles. The standard InChI is InChI=1S/C23H24N2O8/c1-2-32-23(29)16-9-11-24(12-10-16)20-14-18(7-8-19(20)25(30)31)33-17-5-3-15(4-6-17)13-21(26)22(27)28/h3-8,14,16H,2,9-13H2,1H3,(H,27,28). The Balaban J connectivity index is 1.73. The lowest BCUT2D eigenvalue weighted by Crippen LogP contribution is -2.37. The Morgan fingerprint density at radius 2 is 1.73 bits per heavy atom. The Hall–Kier alpha value is -3.95. The fraction of sp³-hybridized carbons (Fsp3) is 0.348. The van der Waals surface area contributed by atoms with E-state index in [9.17, 15) is 24.5 Å². The molecule has 2 aromatic carbocycles. The number of nitro groups is 1. The van der Waals surface area contributed by atoms with Gasteiger partial charge in [-0.3, -0.25) is 19.7 Å². The number of aliphatic carboxylic acids is 1. The Kier molecular flexibility index (Phi) is 7.60. The van der Waals surface area contributed by atoms with Gasteiger partial charge in [-0.15, -0.1) is 0 Å². The zero-order valence-corrected chi connectivity index (χ0v) is 18.1. The van der Waals surface area contributed by atoms with E-state index >= 15 is 0 Å². The summed E-state index contributed by atoms with van der Waals surface area (Å²) in [4.78, 5) is 47.0. The van der Waals surface area contributed by atoms with Crippen LogP contribution >= 0.6 is 0 Å². The highest BCUT2D eigenvalue weighted by atomic mass is 16.6. The molecule has 1 aliphatic heterocycles. The average Bonchev–Trinajstić information content (AvgIpc) is 2.80. The molecular weight excluding hydrogens is 432 g/mol. The van der Waals surface area contributed by atoms with E-state index in [0.29, 0.717) is 55.3 Å². The van der Waals surface area contributed by atoms with Crippen LogP contribution < -0.4 is 9.64 Å². The first-order valence-electron chi connectivity index (χ1n) is 10.5. The topological polar surface area (TPSA) is 136 Å².